The topological polar surface area (TPSA) is 0 Å². The van der Waals surface area contributed by atoms with Crippen molar-refractivity contribution < 1.29 is 0 Å². The molecule has 0 amide bonds. The van der Waals surface area contributed by atoms with Crippen molar-refractivity contribution >= 4 is 0 Å². The second-order valence-electron chi connectivity index (χ2n) is 5.25. The molecule has 12 heavy (non-hydrogen) atoms. The monoisotopic (exact) mass is 168 g/mol. The Morgan fingerprint density at radius 3 is 1.83 bits per heavy atom. The van der Waals surface area contributed by atoms with Gasteiger partial charge in [0.05, 0.1) is 0 Å². The number of rotatable bonds is 2. The molecule has 0 aliphatic heterocycles. The highest BCUT2D eigenvalue weighted by molar-refractivity contribution is 4.84. The van der Waals surface area contributed by atoms with E-state index in [1.807, 2.05) is 0 Å². The molecule has 0 bridgehead atoms. The molecule has 0 nitrogen and oxygen atoms in total. The molecule has 0 N–H and O–H groups in total. The van der Waals surface area contributed by atoms with Crippen molar-refractivity contribution in [2.45, 2.75) is 59.8 Å². The van der Waals surface area contributed by atoms with Gasteiger partial charge in [-0.15, -0.1) is 0 Å². The SMILES string of the molecule is CC(C)C(C)C1(C)CCCCC1. The fourth-order valence-electron chi connectivity index (χ4n) is 2.62. The third kappa shape index (κ3) is 2.02. The predicted molar refractivity (Wildman–Crippen MR) is 55.2 cm³/mol. The molecule has 1 atom stereocenters. The lowest BCUT2D eigenvalue weighted by Crippen LogP contribution is -2.31. The van der Waals surface area contributed by atoms with Crippen LogP contribution in [0.4, 0.5) is 0 Å². The molecule has 0 spiro atoms. The van der Waals surface area contributed by atoms with E-state index >= 15 is 0 Å². The molecule has 1 rings (SSSR count). The van der Waals surface area contributed by atoms with E-state index in [4.69, 9.17) is 0 Å². The summed E-state index contributed by atoms with van der Waals surface area (Å²) in [5.74, 6) is 1.76. The molecule has 1 aliphatic rings. The van der Waals surface area contributed by atoms with Crippen LogP contribution in [0.1, 0.15) is 59.8 Å². The first-order valence-electron chi connectivity index (χ1n) is 5.56. The van der Waals surface area contributed by atoms with Gasteiger partial charge < -0.3 is 0 Å². The molecule has 1 unspecified atom stereocenters. The van der Waals surface area contributed by atoms with E-state index in [2.05, 4.69) is 27.7 Å². The second-order valence-corrected chi connectivity index (χ2v) is 5.25. The maximum absolute atomic E-state index is 2.50. The number of hydrogen-bond acceptors (Lipinski definition) is 0. The van der Waals surface area contributed by atoms with Crippen molar-refractivity contribution in [2.24, 2.45) is 17.3 Å². The Morgan fingerprint density at radius 1 is 0.917 bits per heavy atom. The highest BCUT2D eigenvalue weighted by atomic mass is 14.4. The normalized spacial score (nSPS) is 25.8. The van der Waals surface area contributed by atoms with Crippen molar-refractivity contribution in [3.8, 4) is 0 Å². The zero-order valence-corrected chi connectivity index (χ0v) is 9.19. The average molecular weight is 168 g/mol. The molecule has 1 saturated carbocycles. The Labute approximate surface area is 77.7 Å². The fraction of sp³-hybridized carbons (Fsp3) is 1.00. The van der Waals surface area contributed by atoms with E-state index in [0.29, 0.717) is 5.41 Å². The van der Waals surface area contributed by atoms with E-state index in [1.54, 1.807) is 0 Å². The molecule has 1 aliphatic carbocycles. The van der Waals surface area contributed by atoms with Gasteiger partial charge in [0.25, 0.3) is 0 Å². The van der Waals surface area contributed by atoms with Crippen molar-refractivity contribution in [3.05, 3.63) is 0 Å². The van der Waals surface area contributed by atoms with Crippen molar-refractivity contribution in [1.29, 1.82) is 0 Å². The van der Waals surface area contributed by atoms with Gasteiger partial charge in [-0.3, -0.25) is 0 Å². The minimum atomic E-state index is 0.659. The van der Waals surface area contributed by atoms with Crippen molar-refractivity contribution in [1.82, 2.24) is 0 Å². The van der Waals surface area contributed by atoms with Gasteiger partial charge in [-0.05, 0) is 30.1 Å². The Balaban J connectivity index is 2.56. The van der Waals surface area contributed by atoms with Crippen LogP contribution in [-0.2, 0) is 0 Å². The first-order valence-corrected chi connectivity index (χ1v) is 5.56. The van der Waals surface area contributed by atoms with Crippen LogP contribution in [0.2, 0.25) is 0 Å². The Kier molecular flexibility index (Phi) is 3.20. The molecule has 0 aromatic heterocycles. The summed E-state index contributed by atoms with van der Waals surface area (Å²) in [6, 6.07) is 0. The first kappa shape index (κ1) is 10.1. The quantitative estimate of drug-likeness (QED) is 0.578. The lowest BCUT2D eigenvalue weighted by Gasteiger charge is -2.41. The number of hydrogen-bond donors (Lipinski definition) is 0. The van der Waals surface area contributed by atoms with Gasteiger partial charge in [0.15, 0.2) is 0 Å². The Bertz CT molecular complexity index is 129. The summed E-state index contributed by atoms with van der Waals surface area (Å²) >= 11 is 0. The zero-order chi connectivity index (χ0) is 9.19. The van der Waals surface area contributed by atoms with Crippen molar-refractivity contribution in [2.75, 3.05) is 0 Å². The van der Waals surface area contributed by atoms with E-state index in [-0.39, 0.29) is 0 Å². The van der Waals surface area contributed by atoms with Crippen molar-refractivity contribution in [3.63, 3.8) is 0 Å². The van der Waals surface area contributed by atoms with Gasteiger partial charge in [0, 0.05) is 0 Å². The van der Waals surface area contributed by atoms with Gasteiger partial charge in [-0.2, -0.15) is 0 Å². The van der Waals surface area contributed by atoms with Gasteiger partial charge in [-0.1, -0.05) is 47.0 Å². The van der Waals surface area contributed by atoms with Crippen LogP contribution in [0.5, 0.6) is 0 Å². The maximum Gasteiger partial charge on any atom is -0.0298 e. The highest BCUT2D eigenvalue weighted by Crippen LogP contribution is 2.44. The predicted octanol–water partition coefficient (Wildman–Crippen LogP) is 4.25. The smallest absolute Gasteiger partial charge is 0.0298 e. The lowest BCUT2D eigenvalue weighted by molar-refractivity contribution is 0.0968. The molecule has 72 valence electrons. The van der Waals surface area contributed by atoms with Crippen LogP contribution >= 0.6 is 0 Å². The average Bonchev–Trinajstić information content (AvgIpc) is 2.04. The first-order chi connectivity index (χ1) is 5.56. The second kappa shape index (κ2) is 3.81. The summed E-state index contributed by atoms with van der Waals surface area (Å²) in [6.07, 6.45) is 7.33. The van der Waals surface area contributed by atoms with E-state index in [1.165, 1.54) is 32.1 Å². The van der Waals surface area contributed by atoms with Crippen LogP contribution in [0.25, 0.3) is 0 Å². The summed E-state index contributed by atoms with van der Waals surface area (Å²) in [5.41, 5.74) is 0.659. The minimum Gasteiger partial charge on any atom is -0.0625 e. The Morgan fingerprint density at radius 2 is 1.42 bits per heavy atom. The molecule has 0 saturated heterocycles. The van der Waals surface area contributed by atoms with Gasteiger partial charge in [0.1, 0.15) is 0 Å². The molecule has 0 heterocycles. The molecular formula is C12H24. The third-order valence-corrected chi connectivity index (χ3v) is 4.10. The van der Waals surface area contributed by atoms with Crippen LogP contribution in [0.15, 0.2) is 0 Å². The lowest BCUT2D eigenvalue weighted by atomic mass is 9.64. The van der Waals surface area contributed by atoms with Gasteiger partial charge >= 0.3 is 0 Å². The largest absolute Gasteiger partial charge is 0.0625 e. The standard InChI is InChI=1S/C12H24/c1-10(2)11(3)12(4)8-6-5-7-9-12/h10-11H,5-9H2,1-4H3. The van der Waals surface area contributed by atoms with E-state index in [9.17, 15) is 0 Å². The van der Waals surface area contributed by atoms with Gasteiger partial charge in [0.2, 0.25) is 0 Å². The Hall–Kier alpha value is 0. The third-order valence-electron chi connectivity index (χ3n) is 4.10. The van der Waals surface area contributed by atoms with Gasteiger partial charge in [-0.25, -0.2) is 0 Å². The molecule has 0 radical (unpaired) electrons. The summed E-state index contributed by atoms with van der Waals surface area (Å²) in [6.45, 7) is 9.67. The van der Waals surface area contributed by atoms with Crippen LogP contribution in [-0.4, -0.2) is 0 Å². The molecule has 1 fully saturated rings. The summed E-state index contributed by atoms with van der Waals surface area (Å²) < 4.78 is 0. The molecule has 0 aromatic carbocycles. The molecule has 0 heteroatoms. The summed E-state index contributed by atoms with van der Waals surface area (Å²) in [7, 11) is 0. The highest BCUT2D eigenvalue weighted by Gasteiger charge is 2.33. The fourth-order valence-corrected chi connectivity index (χ4v) is 2.62. The van der Waals surface area contributed by atoms with Crippen LogP contribution in [0.3, 0.4) is 0 Å². The van der Waals surface area contributed by atoms with Crippen LogP contribution in [0, 0.1) is 17.3 Å². The van der Waals surface area contributed by atoms with Crippen LogP contribution < -0.4 is 0 Å². The maximum atomic E-state index is 2.50. The van der Waals surface area contributed by atoms with E-state index < -0.39 is 0 Å². The summed E-state index contributed by atoms with van der Waals surface area (Å²) in [4.78, 5) is 0. The molecular weight excluding hydrogens is 144 g/mol. The van der Waals surface area contributed by atoms with E-state index in [0.717, 1.165) is 11.8 Å². The molecule has 0 aromatic rings. The zero-order valence-electron chi connectivity index (χ0n) is 9.19. The summed E-state index contributed by atoms with van der Waals surface area (Å²) in [5, 5.41) is 0. The minimum absolute atomic E-state index is 0.659.